The van der Waals surface area contributed by atoms with Crippen molar-refractivity contribution < 1.29 is 18.8 Å². The standard InChI is InChI=1S/C19H30N2O3/c1-7-16(21(8-2,9-3)10-4)18(22)20-17-14(5)12-11-13-15(17)19(23)24-6/h11-13,16H,7-10H2,1-6H3/p+1. The zero-order valence-corrected chi connectivity index (χ0v) is 15.8. The molecule has 1 rings (SSSR count). The first-order chi connectivity index (χ1) is 11.4. The number of ether oxygens (including phenoxy) is 1. The molecule has 0 heterocycles. The topological polar surface area (TPSA) is 55.4 Å². The Hall–Kier alpha value is -1.88. The number of nitrogens with one attached hydrogen (secondary N) is 1. The third-order valence-corrected chi connectivity index (χ3v) is 5.17. The van der Waals surface area contributed by atoms with E-state index in [9.17, 15) is 9.59 Å². The molecule has 0 saturated carbocycles. The van der Waals surface area contributed by atoms with Gasteiger partial charge in [0.25, 0.3) is 5.91 Å². The van der Waals surface area contributed by atoms with Gasteiger partial charge in [-0.2, -0.15) is 0 Å². The normalized spacial score (nSPS) is 12.6. The third-order valence-electron chi connectivity index (χ3n) is 5.17. The minimum absolute atomic E-state index is 0.0393. The monoisotopic (exact) mass is 335 g/mol. The maximum atomic E-state index is 13.0. The number of esters is 1. The van der Waals surface area contributed by atoms with Crippen LogP contribution in [0.4, 0.5) is 5.69 Å². The average molecular weight is 335 g/mol. The largest absolute Gasteiger partial charge is 0.465 e. The van der Waals surface area contributed by atoms with Gasteiger partial charge >= 0.3 is 5.97 Å². The first kappa shape index (κ1) is 20.2. The highest BCUT2D eigenvalue weighted by atomic mass is 16.5. The molecule has 0 spiro atoms. The van der Waals surface area contributed by atoms with Crippen molar-refractivity contribution in [3.8, 4) is 0 Å². The molecule has 0 aliphatic heterocycles. The number of nitrogens with zero attached hydrogens (tertiary/aromatic N) is 1. The van der Waals surface area contributed by atoms with Crippen molar-refractivity contribution in [3.05, 3.63) is 29.3 Å². The highest BCUT2D eigenvalue weighted by molar-refractivity contribution is 6.03. The molecule has 134 valence electrons. The van der Waals surface area contributed by atoms with Gasteiger partial charge < -0.3 is 14.5 Å². The Morgan fingerprint density at radius 3 is 2.17 bits per heavy atom. The van der Waals surface area contributed by atoms with Crippen LogP contribution in [0.15, 0.2) is 18.2 Å². The maximum absolute atomic E-state index is 13.0. The fourth-order valence-electron chi connectivity index (χ4n) is 3.47. The van der Waals surface area contributed by atoms with Gasteiger partial charge in [0.05, 0.1) is 38.0 Å². The third kappa shape index (κ3) is 3.96. The maximum Gasteiger partial charge on any atom is 0.339 e. The zero-order chi connectivity index (χ0) is 18.3. The van der Waals surface area contributed by atoms with E-state index in [2.05, 4.69) is 26.1 Å². The van der Waals surface area contributed by atoms with Gasteiger partial charge in [0.2, 0.25) is 0 Å². The first-order valence-corrected chi connectivity index (χ1v) is 8.75. The summed E-state index contributed by atoms with van der Waals surface area (Å²) in [6.07, 6.45) is 0.751. The number of benzene rings is 1. The second-order valence-corrected chi connectivity index (χ2v) is 6.07. The van der Waals surface area contributed by atoms with Gasteiger partial charge in [-0.25, -0.2) is 4.79 Å². The van der Waals surface area contributed by atoms with Crippen molar-refractivity contribution >= 4 is 17.6 Å². The van der Waals surface area contributed by atoms with E-state index < -0.39 is 5.97 Å². The molecule has 0 radical (unpaired) electrons. The molecule has 1 atom stereocenters. The van der Waals surface area contributed by atoms with Crippen LogP contribution in [0.3, 0.4) is 0 Å². The fraction of sp³-hybridized carbons (Fsp3) is 0.579. The predicted octanol–water partition coefficient (Wildman–Crippen LogP) is 3.38. The van der Waals surface area contributed by atoms with Crippen LogP contribution in [0.1, 0.15) is 50.0 Å². The number of likely N-dealkylation sites (N-methyl/N-ethyl adjacent to an activating group) is 1. The van der Waals surface area contributed by atoms with Crippen molar-refractivity contribution in [3.63, 3.8) is 0 Å². The average Bonchev–Trinajstić information content (AvgIpc) is 2.60. The predicted molar refractivity (Wildman–Crippen MR) is 97.1 cm³/mol. The van der Waals surface area contributed by atoms with E-state index in [0.717, 1.165) is 36.1 Å². The summed E-state index contributed by atoms with van der Waals surface area (Å²) in [5, 5.41) is 3.00. The molecule has 0 aromatic heterocycles. The van der Waals surface area contributed by atoms with Crippen LogP contribution < -0.4 is 5.32 Å². The van der Waals surface area contributed by atoms with E-state index in [1.807, 2.05) is 19.9 Å². The number of carbonyl (C=O) groups excluding carboxylic acids is 2. The molecule has 1 N–H and O–H groups in total. The second-order valence-electron chi connectivity index (χ2n) is 6.07. The van der Waals surface area contributed by atoms with Crippen LogP contribution in [0, 0.1) is 6.92 Å². The molecule has 5 heteroatoms. The molecule has 1 aromatic rings. The number of amides is 1. The second kappa shape index (κ2) is 8.83. The lowest BCUT2D eigenvalue weighted by molar-refractivity contribution is -0.938. The summed E-state index contributed by atoms with van der Waals surface area (Å²) in [6.45, 7) is 13.0. The molecule has 0 saturated heterocycles. The highest BCUT2D eigenvalue weighted by Gasteiger charge is 2.37. The fourth-order valence-corrected chi connectivity index (χ4v) is 3.47. The Bertz CT molecular complexity index is 572. The molecule has 1 amide bonds. The number of rotatable bonds is 8. The summed E-state index contributed by atoms with van der Waals surface area (Å²) < 4.78 is 5.57. The van der Waals surface area contributed by atoms with Gasteiger partial charge in [0.1, 0.15) is 0 Å². The first-order valence-electron chi connectivity index (χ1n) is 8.75. The van der Waals surface area contributed by atoms with Crippen molar-refractivity contribution in [2.45, 2.75) is 47.1 Å². The van der Waals surface area contributed by atoms with E-state index in [1.165, 1.54) is 7.11 Å². The smallest absolute Gasteiger partial charge is 0.339 e. The lowest BCUT2D eigenvalue weighted by Gasteiger charge is -2.41. The van der Waals surface area contributed by atoms with E-state index in [4.69, 9.17) is 4.74 Å². The number of hydrogen-bond acceptors (Lipinski definition) is 3. The van der Waals surface area contributed by atoms with Gasteiger partial charge in [-0.1, -0.05) is 19.1 Å². The van der Waals surface area contributed by atoms with Crippen molar-refractivity contribution in [2.24, 2.45) is 0 Å². The quantitative estimate of drug-likeness (QED) is 0.585. The highest BCUT2D eigenvalue weighted by Crippen LogP contribution is 2.24. The number of anilines is 1. The minimum Gasteiger partial charge on any atom is -0.465 e. The Balaban J connectivity index is 3.20. The molecule has 0 fully saturated rings. The Morgan fingerprint density at radius 2 is 1.71 bits per heavy atom. The van der Waals surface area contributed by atoms with E-state index in [1.54, 1.807) is 12.1 Å². The number of quaternary nitrogens is 1. The van der Waals surface area contributed by atoms with Gasteiger partial charge in [-0.05, 0) is 39.3 Å². The lowest BCUT2D eigenvalue weighted by Crippen LogP contribution is -2.59. The summed E-state index contributed by atoms with van der Waals surface area (Å²) in [6, 6.07) is 5.20. The molecule has 1 unspecified atom stereocenters. The van der Waals surface area contributed by atoms with Gasteiger partial charge in [-0.15, -0.1) is 0 Å². The van der Waals surface area contributed by atoms with Crippen LogP contribution in [0.2, 0.25) is 0 Å². The SMILES string of the molecule is CCC(C(=O)Nc1c(C)cccc1C(=O)OC)[N+](CC)(CC)CC. The molecule has 1 aromatic carbocycles. The zero-order valence-electron chi connectivity index (χ0n) is 15.8. The van der Waals surface area contributed by atoms with E-state index in [-0.39, 0.29) is 11.9 Å². The Labute approximate surface area is 145 Å². The summed E-state index contributed by atoms with van der Waals surface area (Å²) in [5.74, 6) is -0.480. The van der Waals surface area contributed by atoms with Crippen LogP contribution in [0.5, 0.6) is 0 Å². The number of carbonyl (C=O) groups is 2. The van der Waals surface area contributed by atoms with Crippen molar-refractivity contribution in [1.82, 2.24) is 0 Å². The molecule has 0 aliphatic rings. The van der Waals surface area contributed by atoms with Crippen molar-refractivity contribution in [1.29, 1.82) is 0 Å². The van der Waals surface area contributed by atoms with E-state index in [0.29, 0.717) is 11.3 Å². The molecule has 0 bridgehead atoms. The molecular weight excluding hydrogens is 304 g/mol. The summed E-state index contributed by atoms with van der Waals surface area (Å²) in [7, 11) is 1.35. The van der Waals surface area contributed by atoms with Crippen molar-refractivity contribution in [2.75, 3.05) is 32.1 Å². The van der Waals surface area contributed by atoms with Crippen LogP contribution in [0.25, 0.3) is 0 Å². The summed E-state index contributed by atoms with van der Waals surface area (Å²) >= 11 is 0. The van der Waals surface area contributed by atoms with Crippen LogP contribution >= 0.6 is 0 Å². The summed E-state index contributed by atoms with van der Waals surface area (Å²) in [4.78, 5) is 25.0. The Morgan fingerprint density at radius 1 is 1.12 bits per heavy atom. The molecule has 24 heavy (non-hydrogen) atoms. The summed E-state index contributed by atoms with van der Waals surface area (Å²) in [5.41, 5.74) is 1.79. The molecule has 5 nitrogen and oxygen atoms in total. The minimum atomic E-state index is -0.440. The Kier molecular flexibility index (Phi) is 7.42. The lowest BCUT2D eigenvalue weighted by atomic mass is 10.0. The number of hydrogen-bond donors (Lipinski definition) is 1. The molecular formula is C19H31N2O3+. The number of methoxy groups -OCH3 is 1. The number of aryl methyl sites for hydroxylation is 1. The number of para-hydroxylation sites is 1. The van der Waals surface area contributed by atoms with Gasteiger partial charge in [0, 0.05) is 6.42 Å². The van der Waals surface area contributed by atoms with Gasteiger partial charge in [-0.3, -0.25) is 4.79 Å². The molecule has 0 aliphatic carbocycles. The van der Waals surface area contributed by atoms with Crippen LogP contribution in [-0.2, 0) is 9.53 Å². The van der Waals surface area contributed by atoms with Crippen LogP contribution in [-0.4, -0.2) is 49.1 Å². The van der Waals surface area contributed by atoms with Gasteiger partial charge in [0.15, 0.2) is 6.04 Å². The van der Waals surface area contributed by atoms with E-state index >= 15 is 0 Å².